The van der Waals surface area contributed by atoms with Crippen molar-refractivity contribution in [2.45, 2.75) is 33.7 Å². The molecule has 2 nitrogen and oxygen atoms in total. The molecule has 0 saturated carbocycles. The van der Waals surface area contributed by atoms with Crippen molar-refractivity contribution in [3.05, 3.63) is 30.1 Å². The maximum atomic E-state index is 5.48. The van der Waals surface area contributed by atoms with Gasteiger partial charge in [-0.25, -0.2) is 4.57 Å². The molecule has 0 saturated heterocycles. The second-order valence-electron chi connectivity index (χ2n) is 4.97. The van der Waals surface area contributed by atoms with E-state index in [9.17, 15) is 0 Å². The second-order valence-corrected chi connectivity index (χ2v) is 4.97. The van der Waals surface area contributed by atoms with Crippen LogP contribution in [0.5, 0.6) is 0 Å². The molecule has 0 radical (unpaired) electrons. The smallest absolute Gasteiger partial charge is 0.169 e. The highest BCUT2D eigenvalue weighted by Crippen LogP contribution is 2.19. The molecule has 78 valence electrons. The van der Waals surface area contributed by atoms with Gasteiger partial charge in [-0.2, -0.15) is 0 Å². The van der Waals surface area contributed by atoms with Crippen LogP contribution in [0.25, 0.3) is 0 Å². The van der Waals surface area contributed by atoms with Crippen LogP contribution in [-0.2, 0) is 13.0 Å². The van der Waals surface area contributed by atoms with Crippen LogP contribution in [-0.4, -0.2) is 6.54 Å². The minimum Gasteiger partial charge on any atom is -0.325 e. The van der Waals surface area contributed by atoms with Gasteiger partial charge in [-0.1, -0.05) is 20.8 Å². The van der Waals surface area contributed by atoms with Crippen LogP contribution in [0.4, 0.5) is 0 Å². The van der Waals surface area contributed by atoms with Gasteiger partial charge in [0.2, 0.25) is 0 Å². The summed E-state index contributed by atoms with van der Waals surface area (Å²) in [4.78, 5) is 0. The van der Waals surface area contributed by atoms with Crippen LogP contribution in [0.1, 0.15) is 26.3 Å². The van der Waals surface area contributed by atoms with E-state index in [2.05, 4.69) is 49.9 Å². The highest BCUT2D eigenvalue weighted by Gasteiger charge is 2.11. The predicted octanol–water partition coefficient (Wildman–Crippen LogP) is 1.52. The molecule has 1 rings (SSSR count). The quantitative estimate of drug-likeness (QED) is 0.725. The summed E-state index contributed by atoms with van der Waals surface area (Å²) < 4.78 is 2.12. The highest BCUT2D eigenvalue weighted by atomic mass is 14.9. The normalized spacial score (nSPS) is 11.7. The molecule has 1 aromatic heterocycles. The van der Waals surface area contributed by atoms with Gasteiger partial charge in [-0.15, -0.1) is 0 Å². The van der Waals surface area contributed by atoms with Gasteiger partial charge in [0.25, 0.3) is 0 Å². The van der Waals surface area contributed by atoms with E-state index in [-0.39, 0.29) is 0 Å². The minimum absolute atomic E-state index is 0.361. The molecule has 0 atom stereocenters. The lowest BCUT2D eigenvalue weighted by Crippen LogP contribution is -2.36. The summed E-state index contributed by atoms with van der Waals surface area (Å²) in [5.74, 6) is 0. The van der Waals surface area contributed by atoms with Crippen LogP contribution in [0.3, 0.4) is 0 Å². The monoisotopic (exact) mass is 193 g/mol. The van der Waals surface area contributed by atoms with Crippen molar-refractivity contribution >= 4 is 0 Å². The predicted molar refractivity (Wildman–Crippen MR) is 58.9 cm³/mol. The lowest BCUT2D eigenvalue weighted by molar-refractivity contribution is -0.694. The Kier molecular flexibility index (Phi) is 3.64. The molecule has 1 aromatic rings. The molecular formula is C12H21N2+. The van der Waals surface area contributed by atoms with E-state index in [4.69, 9.17) is 5.73 Å². The molecule has 0 aliphatic rings. The summed E-state index contributed by atoms with van der Waals surface area (Å²) in [5.41, 5.74) is 7.23. The van der Waals surface area contributed by atoms with Gasteiger partial charge in [-0.05, 0) is 17.4 Å². The van der Waals surface area contributed by atoms with Crippen molar-refractivity contribution in [3.63, 3.8) is 0 Å². The van der Waals surface area contributed by atoms with Gasteiger partial charge in [0, 0.05) is 12.1 Å². The molecule has 0 unspecified atom stereocenters. The molecular weight excluding hydrogens is 172 g/mol. The highest BCUT2D eigenvalue weighted by molar-refractivity contribution is 5.09. The number of rotatable bonds is 3. The topological polar surface area (TPSA) is 29.9 Å². The van der Waals surface area contributed by atoms with E-state index in [0.717, 1.165) is 13.0 Å². The first-order valence-electron chi connectivity index (χ1n) is 5.19. The van der Waals surface area contributed by atoms with Gasteiger partial charge in [0.1, 0.15) is 0 Å². The Morgan fingerprint density at radius 1 is 1.21 bits per heavy atom. The van der Waals surface area contributed by atoms with E-state index in [1.54, 1.807) is 0 Å². The fourth-order valence-corrected chi connectivity index (χ4v) is 1.52. The minimum atomic E-state index is 0.361. The Morgan fingerprint density at radius 3 is 2.21 bits per heavy atom. The first-order chi connectivity index (χ1) is 6.51. The summed E-state index contributed by atoms with van der Waals surface area (Å²) in [6, 6.07) is 4.36. The molecule has 0 aliphatic heterocycles. The summed E-state index contributed by atoms with van der Waals surface area (Å²) >= 11 is 0. The van der Waals surface area contributed by atoms with Crippen LogP contribution >= 0.6 is 0 Å². The number of aromatic nitrogens is 1. The molecule has 0 bridgehead atoms. The lowest BCUT2D eigenvalue weighted by atomic mass is 9.89. The second kappa shape index (κ2) is 4.56. The molecule has 2 heteroatoms. The van der Waals surface area contributed by atoms with E-state index < -0.39 is 0 Å². The van der Waals surface area contributed by atoms with Crippen molar-refractivity contribution < 1.29 is 4.57 Å². The number of pyridine rings is 1. The average molecular weight is 193 g/mol. The standard InChI is InChI=1S/C12H21N2/c1-12(2,3)10-11-4-7-14(8-5-11)9-6-13/h4-5,7-8H,6,9-10,13H2,1-3H3/q+1. The van der Waals surface area contributed by atoms with Gasteiger partial charge in [0.15, 0.2) is 18.9 Å². The Hall–Kier alpha value is -0.890. The molecule has 2 N–H and O–H groups in total. The van der Waals surface area contributed by atoms with E-state index in [1.807, 2.05) is 0 Å². The summed E-state index contributed by atoms with van der Waals surface area (Å²) in [7, 11) is 0. The van der Waals surface area contributed by atoms with Crippen LogP contribution in [0.15, 0.2) is 24.5 Å². The molecule has 1 heterocycles. The zero-order valence-corrected chi connectivity index (χ0v) is 9.46. The molecule has 14 heavy (non-hydrogen) atoms. The maximum Gasteiger partial charge on any atom is 0.169 e. The third-order valence-corrected chi connectivity index (χ3v) is 2.08. The molecule has 0 fully saturated rings. The number of hydrogen-bond donors (Lipinski definition) is 1. The molecule has 0 amide bonds. The Balaban J connectivity index is 2.64. The molecule has 0 aliphatic carbocycles. The molecule has 0 aromatic carbocycles. The number of nitrogens with two attached hydrogens (primary N) is 1. The largest absolute Gasteiger partial charge is 0.325 e. The first-order valence-corrected chi connectivity index (χ1v) is 5.19. The van der Waals surface area contributed by atoms with Gasteiger partial charge in [0.05, 0.1) is 6.54 Å². The third-order valence-electron chi connectivity index (χ3n) is 2.08. The van der Waals surface area contributed by atoms with Gasteiger partial charge >= 0.3 is 0 Å². The average Bonchev–Trinajstić information content (AvgIpc) is 2.06. The van der Waals surface area contributed by atoms with Crippen molar-refractivity contribution in [2.75, 3.05) is 6.54 Å². The fraction of sp³-hybridized carbons (Fsp3) is 0.583. The van der Waals surface area contributed by atoms with Crippen molar-refractivity contribution in [1.82, 2.24) is 0 Å². The van der Waals surface area contributed by atoms with Crippen molar-refractivity contribution in [2.24, 2.45) is 11.1 Å². The van der Waals surface area contributed by atoms with E-state index in [1.165, 1.54) is 5.56 Å². The van der Waals surface area contributed by atoms with Crippen LogP contribution < -0.4 is 10.3 Å². The van der Waals surface area contributed by atoms with Crippen LogP contribution in [0.2, 0.25) is 0 Å². The number of nitrogens with zero attached hydrogens (tertiary/aromatic N) is 1. The maximum absolute atomic E-state index is 5.48. The fourth-order valence-electron chi connectivity index (χ4n) is 1.52. The Labute approximate surface area is 86.8 Å². The van der Waals surface area contributed by atoms with E-state index in [0.29, 0.717) is 12.0 Å². The summed E-state index contributed by atoms with van der Waals surface area (Å²) in [6.07, 6.45) is 5.33. The molecule has 0 spiro atoms. The Morgan fingerprint density at radius 2 is 1.79 bits per heavy atom. The van der Waals surface area contributed by atoms with Gasteiger partial charge in [-0.3, -0.25) is 0 Å². The summed E-state index contributed by atoms with van der Waals surface area (Å²) in [6.45, 7) is 8.37. The lowest BCUT2D eigenvalue weighted by Gasteiger charge is -2.17. The van der Waals surface area contributed by atoms with E-state index >= 15 is 0 Å². The summed E-state index contributed by atoms with van der Waals surface area (Å²) in [5, 5.41) is 0. The third kappa shape index (κ3) is 3.88. The zero-order valence-electron chi connectivity index (χ0n) is 9.46. The Bertz CT molecular complexity index is 269. The van der Waals surface area contributed by atoms with Crippen molar-refractivity contribution in [3.8, 4) is 0 Å². The van der Waals surface area contributed by atoms with Gasteiger partial charge < -0.3 is 5.73 Å². The zero-order chi connectivity index (χ0) is 10.6. The van der Waals surface area contributed by atoms with Crippen LogP contribution in [0, 0.1) is 5.41 Å². The number of hydrogen-bond acceptors (Lipinski definition) is 1. The first kappa shape index (κ1) is 11.2. The SMILES string of the molecule is CC(C)(C)Cc1cc[n+](CCN)cc1. The van der Waals surface area contributed by atoms with Crippen molar-refractivity contribution in [1.29, 1.82) is 0 Å².